The first-order valence-corrected chi connectivity index (χ1v) is 12.5. The molecule has 1 amide bonds. The summed E-state index contributed by atoms with van der Waals surface area (Å²) in [4.78, 5) is 17.4. The van der Waals surface area contributed by atoms with Crippen molar-refractivity contribution in [2.75, 3.05) is 11.5 Å². The highest BCUT2D eigenvalue weighted by Gasteiger charge is 2.62. The van der Waals surface area contributed by atoms with Crippen molar-refractivity contribution in [1.29, 1.82) is 0 Å². The Morgan fingerprint density at radius 1 is 1.21 bits per heavy atom. The van der Waals surface area contributed by atoms with Gasteiger partial charge >= 0.3 is 6.18 Å². The lowest BCUT2D eigenvalue weighted by molar-refractivity contribution is -0.275. The van der Waals surface area contributed by atoms with Crippen LogP contribution in [-0.4, -0.2) is 44.4 Å². The van der Waals surface area contributed by atoms with E-state index in [0.29, 0.717) is 11.1 Å². The van der Waals surface area contributed by atoms with Crippen LogP contribution in [0.15, 0.2) is 35.5 Å². The maximum atomic E-state index is 14.2. The SMILES string of the molecule is Cc1cc(C2=NOC(c3cc(Cl)c(F)c(Cl)c3)(C(F)(F)F)C2)ccc1C(=O)NC1CS(O)(O)C1. The summed E-state index contributed by atoms with van der Waals surface area (Å²) in [6.07, 6.45) is -5.66. The number of oxime groups is 1. The number of hydrogen-bond acceptors (Lipinski definition) is 5. The number of carbonyl (C=O) groups is 1. The highest BCUT2D eigenvalue weighted by Crippen LogP contribution is 2.50. The van der Waals surface area contributed by atoms with Crippen LogP contribution >= 0.6 is 33.8 Å². The van der Waals surface area contributed by atoms with Crippen molar-refractivity contribution in [3.8, 4) is 0 Å². The molecule has 0 spiro atoms. The van der Waals surface area contributed by atoms with E-state index in [9.17, 15) is 31.5 Å². The van der Waals surface area contributed by atoms with E-state index < -0.39 is 56.1 Å². The van der Waals surface area contributed by atoms with Gasteiger partial charge in [-0.25, -0.2) is 4.39 Å². The minimum Gasteiger partial charge on any atom is -0.374 e. The molecule has 2 aromatic carbocycles. The second-order valence-electron chi connectivity index (χ2n) is 8.22. The molecule has 4 rings (SSSR count). The van der Waals surface area contributed by atoms with Gasteiger partial charge in [0.1, 0.15) is 0 Å². The molecule has 2 aliphatic heterocycles. The Balaban J connectivity index is 1.58. The molecule has 2 heterocycles. The second-order valence-corrected chi connectivity index (χ2v) is 11.3. The molecule has 1 unspecified atom stereocenters. The van der Waals surface area contributed by atoms with Crippen LogP contribution in [0.3, 0.4) is 0 Å². The van der Waals surface area contributed by atoms with Crippen LogP contribution in [0.5, 0.6) is 0 Å². The van der Waals surface area contributed by atoms with Gasteiger partial charge < -0.3 is 10.2 Å². The molecule has 0 aliphatic carbocycles. The van der Waals surface area contributed by atoms with Gasteiger partial charge in [-0.05, 0) is 42.3 Å². The average molecular weight is 541 g/mol. The van der Waals surface area contributed by atoms with E-state index in [1.165, 1.54) is 18.2 Å². The van der Waals surface area contributed by atoms with Crippen molar-refractivity contribution in [1.82, 2.24) is 5.32 Å². The Bertz CT molecular complexity index is 1180. The molecular formula is C21H18Cl2F4N2O4S. The molecule has 0 aromatic heterocycles. The molecule has 0 saturated carbocycles. The number of aryl methyl sites for hydroxylation is 1. The fraction of sp³-hybridized carbons (Fsp3) is 0.333. The second kappa shape index (κ2) is 8.56. The third kappa shape index (κ3) is 4.47. The summed E-state index contributed by atoms with van der Waals surface area (Å²) < 4.78 is 75.2. The van der Waals surface area contributed by atoms with E-state index in [2.05, 4.69) is 10.5 Å². The molecule has 13 heteroatoms. The summed E-state index contributed by atoms with van der Waals surface area (Å²) in [5.74, 6) is -1.31. The number of alkyl halides is 3. The topological polar surface area (TPSA) is 91.2 Å². The highest BCUT2D eigenvalue weighted by atomic mass is 35.5. The number of hydrogen-bond donors (Lipinski definition) is 3. The Hall–Kier alpha value is -2.05. The first-order chi connectivity index (χ1) is 15.7. The van der Waals surface area contributed by atoms with Crippen LogP contribution in [0.2, 0.25) is 10.0 Å². The summed E-state index contributed by atoms with van der Waals surface area (Å²) in [7, 11) is -2.61. The summed E-state index contributed by atoms with van der Waals surface area (Å²) in [6, 6.07) is 5.65. The lowest BCUT2D eigenvalue weighted by Gasteiger charge is -2.47. The zero-order chi connectivity index (χ0) is 25.1. The van der Waals surface area contributed by atoms with Gasteiger partial charge in [0.2, 0.25) is 0 Å². The number of carbonyl (C=O) groups excluding carboxylic acids is 1. The van der Waals surface area contributed by atoms with Gasteiger partial charge in [0.25, 0.3) is 11.5 Å². The third-order valence-corrected chi connectivity index (χ3v) is 8.13. The van der Waals surface area contributed by atoms with Gasteiger partial charge in [-0.15, -0.1) is 0 Å². The number of nitrogens with zero attached hydrogens (tertiary/aromatic N) is 1. The number of benzene rings is 2. The van der Waals surface area contributed by atoms with Crippen molar-refractivity contribution in [2.24, 2.45) is 5.16 Å². The van der Waals surface area contributed by atoms with E-state index in [1.807, 2.05) is 0 Å². The first kappa shape index (κ1) is 25.1. The summed E-state index contributed by atoms with van der Waals surface area (Å²) >= 11 is 11.4. The standard InChI is InChI=1S/C21H18Cl2F4N2O4S/c1-10-4-11(2-3-14(10)19(30)28-13-8-34(31,32)9-13)17-7-20(33-29-17,21(25,26)27)12-5-15(22)18(24)16(23)6-12/h2-6,13,31-32H,7-9H2,1H3,(H,28,30). The smallest absolute Gasteiger partial charge is 0.374 e. The van der Waals surface area contributed by atoms with E-state index in [1.54, 1.807) is 6.92 Å². The van der Waals surface area contributed by atoms with Crippen molar-refractivity contribution in [3.05, 3.63) is 68.4 Å². The van der Waals surface area contributed by atoms with Crippen LogP contribution in [0.4, 0.5) is 17.6 Å². The lowest BCUT2D eigenvalue weighted by atomic mass is 9.86. The Morgan fingerprint density at radius 3 is 2.35 bits per heavy atom. The average Bonchev–Trinajstić information content (AvgIpc) is 3.17. The zero-order valence-electron chi connectivity index (χ0n) is 17.4. The third-order valence-electron chi connectivity index (χ3n) is 5.71. The van der Waals surface area contributed by atoms with Crippen LogP contribution in [-0.2, 0) is 10.4 Å². The molecule has 184 valence electrons. The minimum absolute atomic E-state index is 0.0307. The van der Waals surface area contributed by atoms with Crippen LogP contribution in [0.25, 0.3) is 0 Å². The van der Waals surface area contributed by atoms with Gasteiger partial charge in [-0.2, -0.15) is 23.8 Å². The van der Waals surface area contributed by atoms with Gasteiger partial charge in [0.05, 0.1) is 33.3 Å². The molecule has 2 aromatic rings. The van der Waals surface area contributed by atoms with Crippen LogP contribution < -0.4 is 5.32 Å². The van der Waals surface area contributed by atoms with Crippen LogP contribution in [0.1, 0.15) is 33.5 Å². The summed E-state index contributed by atoms with van der Waals surface area (Å²) in [5, 5.41) is 5.18. The summed E-state index contributed by atoms with van der Waals surface area (Å²) in [5.41, 5.74) is -2.38. The molecule has 34 heavy (non-hydrogen) atoms. The molecule has 3 N–H and O–H groups in total. The highest BCUT2D eigenvalue weighted by molar-refractivity contribution is 8.25. The van der Waals surface area contributed by atoms with Gasteiger partial charge in [0, 0.05) is 17.5 Å². The van der Waals surface area contributed by atoms with Crippen LogP contribution in [0, 0.1) is 12.7 Å². The molecule has 1 saturated heterocycles. The molecule has 1 atom stereocenters. The molecular weight excluding hydrogens is 523 g/mol. The normalized spacial score (nSPS) is 23.0. The molecule has 1 fully saturated rings. The maximum absolute atomic E-state index is 14.2. The minimum atomic E-state index is -4.93. The first-order valence-electron chi connectivity index (χ1n) is 9.85. The largest absolute Gasteiger partial charge is 0.435 e. The quantitative estimate of drug-likeness (QED) is 0.333. The Labute approximate surface area is 203 Å². The number of rotatable bonds is 4. The number of amides is 1. The Morgan fingerprint density at radius 2 is 1.82 bits per heavy atom. The zero-order valence-corrected chi connectivity index (χ0v) is 19.7. The number of halogens is 6. The van der Waals surface area contributed by atoms with Crippen molar-refractivity contribution >= 4 is 45.4 Å². The number of nitrogens with one attached hydrogen (secondary N) is 1. The van der Waals surface area contributed by atoms with Crippen molar-refractivity contribution in [2.45, 2.75) is 31.2 Å². The van der Waals surface area contributed by atoms with Gasteiger partial charge in [-0.1, -0.05) is 34.4 Å². The lowest BCUT2D eigenvalue weighted by Crippen LogP contribution is -2.50. The molecule has 2 aliphatic rings. The van der Waals surface area contributed by atoms with E-state index in [-0.39, 0.29) is 28.8 Å². The van der Waals surface area contributed by atoms with E-state index in [4.69, 9.17) is 28.0 Å². The van der Waals surface area contributed by atoms with Gasteiger partial charge in [0.15, 0.2) is 5.82 Å². The molecule has 0 bridgehead atoms. The maximum Gasteiger partial charge on any atom is 0.435 e. The van der Waals surface area contributed by atoms with Crippen molar-refractivity contribution in [3.63, 3.8) is 0 Å². The molecule has 0 radical (unpaired) electrons. The van der Waals surface area contributed by atoms with Gasteiger partial charge in [-0.3, -0.25) is 13.9 Å². The molecule has 6 nitrogen and oxygen atoms in total. The fourth-order valence-corrected chi connectivity index (χ4v) is 5.73. The fourth-order valence-electron chi connectivity index (χ4n) is 3.89. The van der Waals surface area contributed by atoms with E-state index in [0.717, 1.165) is 12.1 Å². The Kier molecular flexibility index (Phi) is 6.31. The monoisotopic (exact) mass is 540 g/mol. The van der Waals surface area contributed by atoms with E-state index >= 15 is 0 Å². The summed E-state index contributed by atoms with van der Waals surface area (Å²) in [6.45, 7) is 1.61. The predicted molar refractivity (Wildman–Crippen MR) is 121 cm³/mol. The predicted octanol–water partition coefficient (Wildman–Crippen LogP) is 5.89. The van der Waals surface area contributed by atoms with Crippen molar-refractivity contribution < 1.29 is 36.3 Å².